The van der Waals surface area contributed by atoms with Crippen LogP contribution in [0.25, 0.3) is 0 Å². The molecular formula is C22H25NO5. The normalized spacial score (nSPS) is 16.8. The third-order valence-electron chi connectivity index (χ3n) is 5.43. The number of aromatic carboxylic acids is 1. The first kappa shape index (κ1) is 19.9. The molecule has 0 saturated carbocycles. The van der Waals surface area contributed by atoms with Crippen molar-refractivity contribution in [2.45, 2.75) is 31.2 Å². The fourth-order valence-corrected chi connectivity index (χ4v) is 3.61. The summed E-state index contributed by atoms with van der Waals surface area (Å²) in [5.74, 6) is -0.266. The summed E-state index contributed by atoms with van der Waals surface area (Å²) in [5.41, 5.74) is 1.37. The topological polar surface area (TPSA) is 84.9 Å². The van der Waals surface area contributed by atoms with E-state index in [1.165, 1.54) is 0 Å². The lowest BCUT2D eigenvalue weighted by Crippen LogP contribution is -2.48. The van der Waals surface area contributed by atoms with Gasteiger partial charge in [-0.15, -0.1) is 0 Å². The van der Waals surface area contributed by atoms with Crippen molar-refractivity contribution in [1.82, 2.24) is 5.32 Å². The van der Waals surface area contributed by atoms with Gasteiger partial charge in [0, 0.05) is 13.2 Å². The van der Waals surface area contributed by atoms with E-state index in [0.717, 1.165) is 16.9 Å². The Balaban J connectivity index is 1.82. The van der Waals surface area contributed by atoms with E-state index < -0.39 is 11.4 Å². The second-order valence-electron chi connectivity index (χ2n) is 7.05. The molecule has 28 heavy (non-hydrogen) atoms. The number of nitrogens with one attached hydrogen (secondary N) is 1. The van der Waals surface area contributed by atoms with Crippen LogP contribution in [0.3, 0.4) is 0 Å². The maximum atomic E-state index is 13.3. The standard InChI is InChI=1S/C22H25NO5/c1-15(16-3-5-17(6-4-16)20(24)25)23-21(26)22(11-13-28-14-12-22)18-7-9-19(27-2)10-8-18/h3-10,15H,11-14H2,1-2H3,(H,23,26)(H,24,25)/t15-/m0/s1. The minimum Gasteiger partial charge on any atom is -0.497 e. The van der Waals surface area contributed by atoms with Crippen molar-refractivity contribution >= 4 is 11.9 Å². The number of ether oxygens (including phenoxy) is 2. The Labute approximate surface area is 164 Å². The first-order chi connectivity index (χ1) is 13.5. The molecular weight excluding hydrogens is 358 g/mol. The molecule has 2 aromatic rings. The van der Waals surface area contributed by atoms with E-state index in [4.69, 9.17) is 14.6 Å². The SMILES string of the molecule is COc1ccc(C2(C(=O)N[C@@H](C)c3ccc(C(=O)O)cc3)CCOCC2)cc1. The first-order valence-corrected chi connectivity index (χ1v) is 9.33. The predicted octanol–water partition coefficient (Wildman–Crippen LogP) is 3.32. The van der Waals surface area contributed by atoms with E-state index in [9.17, 15) is 9.59 Å². The van der Waals surface area contributed by atoms with Crippen molar-refractivity contribution in [1.29, 1.82) is 0 Å². The minimum atomic E-state index is -0.969. The Kier molecular flexibility index (Phi) is 5.99. The fourth-order valence-electron chi connectivity index (χ4n) is 3.61. The van der Waals surface area contributed by atoms with Gasteiger partial charge in [0.15, 0.2) is 0 Å². The summed E-state index contributed by atoms with van der Waals surface area (Å²) in [7, 11) is 1.61. The van der Waals surface area contributed by atoms with Gasteiger partial charge in [-0.3, -0.25) is 4.79 Å². The molecule has 1 atom stereocenters. The molecule has 1 saturated heterocycles. The van der Waals surface area contributed by atoms with E-state index in [0.29, 0.717) is 26.1 Å². The van der Waals surface area contributed by atoms with Gasteiger partial charge in [-0.1, -0.05) is 24.3 Å². The second kappa shape index (κ2) is 8.44. The van der Waals surface area contributed by atoms with Crippen LogP contribution in [0, 0.1) is 0 Å². The first-order valence-electron chi connectivity index (χ1n) is 9.33. The van der Waals surface area contributed by atoms with Crippen LogP contribution in [0.2, 0.25) is 0 Å². The molecule has 0 spiro atoms. The Morgan fingerprint density at radius 1 is 1.07 bits per heavy atom. The third-order valence-corrected chi connectivity index (χ3v) is 5.43. The Bertz CT molecular complexity index is 823. The molecule has 6 nitrogen and oxygen atoms in total. The van der Waals surface area contributed by atoms with Crippen LogP contribution in [-0.4, -0.2) is 37.3 Å². The molecule has 2 N–H and O–H groups in total. The Morgan fingerprint density at radius 2 is 1.68 bits per heavy atom. The van der Waals surface area contributed by atoms with Crippen LogP contribution in [0.1, 0.15) is 47.3 Å². The molecule has 6 heteroatoms. The molecule has 1 fully saturated rings. The molecule has 0 bridgehead atoms. The maximum absolute atomic E-state index is 13.3. The number of hydrogen-bond donors (Lipinski definition) is 2. The number of rotatable bonds is 6. The van der Waals surface area contributed by atoms with Crippen LogP contribution < -0.4 is 10.1 Å². The number of amides is 1. The number of carbonyl (C=O) groups is 2. The van der Waals surface area contributed by atoms with Crippen LogP contribution in [-0.2, 0) is 14.9 Å². The highest BCUT2D eigenvalue weighted by molar-refractivity contribution is 5.89. The summed E-state index contributed by atoms with van der Waals surface area (Å²) < 4.78 is 10.7. The van der Waals surface area contributed by atoms with Crippen molar-refractivity contribution in [3.8, 4) is 5.75 Å². The lowest BCUT2D eigenvalue weighted by atomic mass is 9.73. The van der Waals surface area contributed by atoms with E-state index in [1.807, 2.05) is 31.2 Å². The molecule has 1 heterocycles. The van der Waals surface area contributed by atoms with Crippen molar-refractivity contribution in [2.75, 3.05) is 20.3 Å². The third kappa shape index (κ3) is 4.02. The summed E-state index contributed by atoms with van der Waals surface area (Å²) in [6, 6.07) is 13.9. The highest BCUT2D eigenvalue weighted by Gasteiger charge is 2.42. The van der Waals surface area contributed by atoms with Gasteiger partial charge >= 0.3 is 5.97 Å². The summed E-state index contributed by atoms with van der Waals surface area (Å²) in [6.07, 6.45) is 1.21. The van der Waals surface area contributed by atoms with Crippen LogP contribution in [0.15, 0.2) is 48.5 Å². The smallest absolute Gasteiger partial charge is 0.335 e. The number of carbonyl (C=O) groups excluding carboxylic acids is 1. The van der Waals surface area contributed by atoms with E-state index in [1.54, 1.807) is 31.4 Å². The zero-order valence-electron chi connectivity index (χ0n) is 16.1. The number of carboxylic acids is 1. The maximum Gasteiger partial charge on any atom is 0.335 e. The number of hydrogen-bond acceptors (Lipinski definition) is 4. The van der Waals surface area contributed by atoms with Gasteiger partial charge in [0.25, 0.3) is 0 Å². The summed E-state index contributed by atoms with van der Waals surface area (Å²) in [6.45, 7) is 2.96. The molecule has 1 aliphatic heterocycles. The molecule has 0 aliphatic carbocycles. The molecule has 2 aromatic carbocycles. The van der Waals surface area contributed by atoms with Crippen molar-refractivity contribution in [3.05, 3.63) is 65.2 Å². The average molecular weight is 383 g/mol. The molecule has 1 aliphatic rings. The van der Waals surface area contributed by atoms with Gasteiger partial charge in [-0.2, -0.15) is 0 Å². The van der Waals surface area contributed by atoms with Crippen LogP contribution in [0.4, 0.5) is 0 Å². The number of methoxy groups -OCH3 is 1. The second-order valence-corrected chi connectivity index (χ2v) is 7.05. The predicted molar refractivity (Wildman–Crippen MR) is 105 cm³/mol. The molecule has 3 rings (SSSR count). The molecule has 0 unspecified atom stereocenters. The summed E-state index contributed by atoms with van der Waals surface area (Å²) >= 11 is 0. The molecule has 148 valence electrons. The highest BCUT2D eigenvalue weighted by Crippen LogP contribution is 2.36. The fraction of sp³-hybridized carbons (Fsp3) is 0.364. The number of benzene rings is 2. The van der Waals surface area contributed by atoms with Gasteiger partial charge in [0.1, 0.15) is 5.75 Å². The Morgan fingerprint density at radius 3 is 2.21 bits per heavy atom. The quantitative estimate of drug-likeness (QED) is 0.799. The molecule has 1 amide bonds. The minimum absolute atomic E-state index is 0.0456. The lowest BCUT2D eigenvalue weighted by Gasteiger charge is -2.37. The largest absolute Gasteiger partial charge is 0.497 e. The zero-order chi connectivity index (χ0) is 20.1. The van der Waals surface area contributed by atoms with Crippen molar-refractivity contribution in [3.63, 3.8) is 0 Å². The summed E-state index contributed by atoms with van der Waals surface area (Å²) in [4.78, 5) is 24.4. The van der Waals surface area contributed by atoms with Gasteiger partial charge < -0.3 is 19.9 Å². The van der Waals surface area contributed by atoms with Crippen LogP contribution >= 0.6 is 0 Å². The van der Waals surface area contributed by atoms with E-state index in [2.05, 4.69) is 5.32 Å². The van der Waals surface area contributed by atoms with Crippen molar-refractivity contribution < 1.29 is 24.2 Å². The monoisotopic (exact) mass is 383 g/mol. The zero-order valence-corrected chi connectivity index (χ0v) is 16.1. The summed E-state index contributed by atoms with van der Waals surface area (Å²) in [5, 5.41) is 12.1. The highest BCUT2D eigenvalue weighted by atomic mass is 16.5. The van der Waals surface area contributed by atoms with E-state index in [-0.39, 0.29) is 17.5 Å². The lowest BCUT2D eigenvalue weighted by molar-refractivity contribution is -0.131. The average Bonchev–Trinajstić information content (AvgIpc) is 2.74. The van der Waals surface area contributed by atoms with Crippen LogP contribution in [0.5, 0.6) is 5.75 Å². The molecule has 0 aromatic heterocycles. The number of carboxylic acid groups (broad SMARTS) is 1. The van der Waals surface area contributed by atoms with Gasteiger partial charge in [0.05, 0.1) is 24.1 Å². The Hall–Kier alpha value is -2.86. The van der Waals surface area contributed by atoms with E-state index >= 15 is 0 Å². The van der Waals surface area contributed by atoms with Crippen molar-refractivity contribution in [2.24, 2.45) is 0 Å². The van der Waals surface area contributed by atoms with Gasteiger partial charge in [-0.25, -0.2) is 4.79 Å². The molecule has 0 radical (unpaired) electrons. The van der Waals surface area contributed by atoms with Gasteiger partial charge in [0.2, 0.25) is 5.91 Å². The van der Waals surface area contributed by atoms with Gasteiger partial charge in [-0.05, 0) is 55.2 Å².